The molecule has 0 saturated carbocycles. The van der Waals surface area contributed by atoms with Gasteiger partial charge in [-0.3, -0.25) is 0 Å². The van der Waals surface area contributed by atoms with Gasteiger partial charge in [0.25, 0.3) is 0 Å². The Balaban J connectivity index is 1.68. The zero-order valence-corrected chi connectivity index (χ0v) is 13.8. The Labute approximate surface area is 134 Å². The summed E-state index contributed by atoms with van der Waals surface area (Å²) in [6, 6.07) is 10.5. The van der Waals surface area contributed by atoms with E-state index in [4.69, 9.17) is 0 Å². The molecule has 3 atom stereocenters. The van der Waals surface area contributed by atoms with Crippen LogP contribution in [0.2, 0.25) is 0 Å². The lowest BCUT2D eigenvalue weighted by Crippen LogP contribution is -2.50. The molecule has 2 saturated heterocycles. The molecule has 2 aliphatic heterocycles. The quantitative estimate of drug-likeness (QED) is 0.929. The van der Waals surface area contributed by atoms with Crippen molar-refractivity contribution in [3.8, 4) is 0 Å². The molecule has 3 rings (SSSR count). The van der Waals surface area contributed by atoms with Crippen molar-refractivity contribution >= 4 is 0 Å². The van der Waals surface area contributed by atoms with Gasteiger partial charge in [-0.1, -0.05) is 43.2 Å². The van der Waals surface area contributed by atoms with E-state index in [0.717, 1.165) is 19.6 Å². The first-order chi connectivity index (χ1) is 10.7. The summed E-state index contributed by atoms with van der Waals surface area (Å²) in [5, 5.41) is 10.9. The Hall–Kier alpha value is -0.900. The summed E-state index contributed by atoms with van der Waals surface area (Å²) in [5.41, 5.74) is 1.28. The van der Waals surface area contributed by atoms with Crippen LogP contribution >= 0.6 is 0 Å². The number of piperidine rings is 1. The molecule has 2 aliphatic rings. The Morgan fingerprint density at radius 1 is 1.00 bits per heavy atom. The number of nitrogens with zero attached hydrogens (tertiary/aromatic N) is 2. The van der Waals surface area contributed by atoms with Crippen LogP contribution in [0.3, 0.4) is 0 Å². The third-order valence-corrected chi connectivity index (χ3v) is 5.37. The van der Waals surface area contributed by atoms with Crippen LogP contribution in [0, 0.1) is 5.92 Å². The first kappa shape index (κ1) is 16.0. The first-order valence-electron chi connectivity index (χ1n) is 8.88. The lowest BCUT2D eigenvalue weighted by molar-refractivity contribution is 0.000515. The molecule has 22 heavy (non-hydrogen) atoms. The average Bonchev–Trinajstić information content (AvgIpc) is 2.80. The van der Waals surface area contributed by atoms with Crippen molar-refractivity contribution < 1.29 is 5.11 Å². The van der Waals surface area contributed by atoms with Crippen LogP contribution in [0.25, 0.3) is 0 Å². The second-order valence-corrected chi connectivity index (χ2v) is 7.20. The van der Waals surface area contributed by atoms with Crippen LogP contribution in [0.4, 0.5) is 0 Å². The topological polar surface area (TPSA) is 26.7 Å². The van der Waals surface area contributed by atoms with E-state index in [2.05, 4.69) is 47.2 Å². The monoisotopic (exact) mass is 302 g/mol. The summed E-state index contributed by atoms with van der Waals surface area (Å²) < 4.78 is 0. The van der Waals surface area contributed by atoms with E-state index in [-0.39, 0.29) is 12.0 Å². The highest BCUT2D eigenvalue weighted by atomic mass is 16.3. The van der Waals surface area contributed by atoms with Gasteiger partial charge in [0.15, 0.2) is 0 Å². The van der Waals surface area contributed by atoms with Gasteiger partial charge in [0.05, 0.1) is 6.10 Å². The minimum Gasteiger partial charge on any atom is -0.392 e. The van der Waals surface area contributed by atoms with E-state index in [1.807, 2.05) is 0 Å². The minimum atomic E-state index is -0.221. The third kappa shape index (κ3) is 3.89. The summed E-state index contributed by atoms with van der Waals surface area (Å²) in [7, 11) is 2.19. The van der Waals surface area contributed by atoms with Gasteiger partial charge in [-0.05, 0) is 38.5 Å². The van der Waals surface area contributed by atoms with E-state index in [9.17, 15) is 5.11 Å². The molecule has 0 aliphatic carbocycles. The fraction of sp³-hybridized carbons (Fsp3) is 0.684. The lowest BCUT2D eigenvalue weighted by Gasteiger charge is -2.42. The summed E-state index contributed by atoms with van der Waals surface area (Å²) >= 11 is 0. The highest BCUT2D eigenvalue weighted by Crippen LogP contribution is 2.31. The maximum Gasteiger partial charge on any atom is 0.0673 e. The number of aliphatic hydroxyl groups excluding tert-OH is 1. The highest BCUT2D eigenvalue weighted by Gasteiger charge is 2.36. The number of likely N-dealkylation sites (tertiary alicyclic amines) is 2. The Bertz CT molecular complexity index is 442. The molecule has 0 radical (unpaired) electrons. The van der Waals surface area contributed by atoms with Gasteiger partial charge in [0.2, 0.25) is 0 Å². The fourth-order valence-electron chi connectivity index (χ4n) is 4.17. The molecule has 0 amide bonds. The summed E-state index contributed by atoms with van der Waals surface area (Å²) in [5.74, 6) is 0.610. The Morgan fingerprint density at radius 2 is 1.68 bits per heavy atom. The molecule has 3 unspecified atom stereocenters. The van der Waals surface area contributed by atoms with Gasteiger partial charge in [-0.25, -0.2) is 0 Å². The van der Waals surface area contributed by atoms with E-state index in [1.165, 1.54) is 44.3 Å². The molecule has 1 N–H and O–H groups in total. The second-order valence-electron chi connectivity index (χ2n) is 7.20. The van der Waals surface area contributed by atoms with Gasteiger partial charge in [-0.2, -0.15) is 0 Å². The smallest absolute Gasteiger partial charge is 0.0673 e. The van der Waals surface area contributed by atoms with E-state index < -0.39 is 0 Å². The van der Waals surface area contributed by atoms with E-state index in [0.29, 0.717) is 5.92 Å². The molecule has 1 aromatic rings. The number of aliphatic hydroxyl groups is 1. The van der Waals surface area contributed by atoms with E-state index in [1.54, 1.807) is 0 Å². The summed E-state index contributed by atoms with van der Waals surface area (Å²) in [6.07, 6.45) is 5.16. The van der Waals surface area contributed by atoms with Crippen molar-refractivity contribution in [3.05, 3.63) is 35.9 Å². The average molecular weight is 302 g/mol. The molecule has 0 bridgehead atoms. The molecule has 3 heteroatoms. The number of benzene rings is 1. The van der Waals surface area contributed by atoms with Gasteiger partial charge in [0, 0.05) is 31.5 Å². The van der Waals surface area contributed by atoms with Crippen molar-refractivity contribution in [1.29, 1.82) is 0 Å². The van der Waals surface area contributed by atoms with Crippen LogP contribution in [0.15, 0.2) is 30.3 Å². The number of rotatable bonds is 3. The van der Waals surface area contributed by atoms with Gasteiger partial charge in [0.1, 0.15) is 0 Å². The maximum absolute atomic E-state index is 10.9. The van der Waals surface area contributed by atoms with Crippen LogP contribution < -0.4 is 0 Å². The van der Waals surface area contributed by atoms with Gasteiger partial charge >= 0.3 is 0 Å². The van der Waals surface area contributed by atoms with E-state index >= 15 is 0 Å². The Morgan fingerprint density at radius 3 is 2.36 bits per heavy atom. The van der Waals surface area contributed by atoms with Crippen molar-refractivity contribution in [2.75, 3.05) is 39.8 Å². The highest BCUT2D eigenvalue weighted by molar-refractivity contribution is 5.22. The Kier molecular flexibility index (Phi) is 5.51. The molecule has 2 heterocycles. The second kappa shape index (κ2) is 7.58. The SMILES string of the molecule is CN1CC(CN2CCCCCC2)C(O)C(c2ccccc2)C1. The van der Waals surface area contributed by atoms with Crippen molar-refractivity contribution in [1.82, 2.24) is 9.80 Å². The normalized spacial score (nSPS) is 31.8. The molecular formula is C19H30N2O. The van der Waals surface area contributed by atoms with Gasteiger partial charge in [-0.15, -0.1) is 0 Å². The molecule has 122 valence electrons. The molecule has 2 fully saturated rings. The molecule has 1 aromatic carbocycles. The summed E-state index contributed by atoms with van der Waals surface area (Å²) in [6.45, 7) is 5.45. The van der Waals surface area contributed by atoms with Crippen LogP contribution in [-0.4, -0.2) is 60.8 Å². The molecule has 0 spiro atoms. The fourth-order valence-corrected chi connectivity index (χ4v) is 4.17. The van der Waals surface area contributed by atoms with Crippen LogP contribution in [-0.2, 0) is 0 Å². The van der Waals surface area contributed by atoms with Crippen molar-refractivity contribution in [2.24, 2.45) is 5.92 Å². The van der Waals surface area contributed by atoms with Crippen LogP contribution in [0.1, 0.15) is 37.2 Å². The number of likely N-dealkylation sites (N-methyl/N-ethyl adjacent to an activating group) is 1. The zero-order valence-electron chi connectivity index (χ0n) is 13.8. The maximum atomic E-state index is 10.9. The minimum absolute atomic E-state index is 0.221. The standard InChI is InChI=1S/C19H30N2O/c1-20-13-17(14-21-11-7-2-3-8-12-21)19(22)18(15-20)16-9-5-4-6-10-16/h4-6,9-10,17-19,22H,2-3,7-8,11-15H2,1H3. The zero-order chi connectivity index (χ0) is 15.4. The van der Waals surface area contributed by atoms with Crippen molar-refractivity contribution in [3.63, 3.8) is 0 Å². The molecule has 0 aromatic heterocycles. The number of hydrogen-bond acceptors (Lipinski definition) is 3. The van der Waals surface area contributed by atoms with Gasteiger partial charge < -0.3 is 14.9 Å². The van der Waals surface area contributed by atoms with Crippen molar-refractivity contribution in [2.45, 2.75) is 37.7 Å². The largest absolute Gasteiger partial charge is 0.392 e. The molecular weight excluding hydrogens is 272 g/mol. The van der Waals surface area contributed by atoms with Crippen LogP contribution in [0.5, 0.6) is 0 Å². The predicted molar refractivity (Wildman–Crippen MR) is 91.1 cm³/mol. The first-order valence-corrected chi connectivity index (χ1v) is 8.88. The third-order valence-electron chi connectivity index (χ3n) is 5.37. The lowest BCUT2D eigenvalue weighted by atomic mass is 9.81. The molecule has 3 nitrogen and oxygen atoms in total. The number of hydrogen-bond donors (Lipinski definition) is 1. The summed E-state index contributed by atoms with van der Waals surface area (Å²) in [4.78, 5) is 4.98. The predicted octanol–water partition coefficient (Wildman–Crippen LogP) is 2.57.